The number of hydrogen-bond acceptors (Lipinski definition) is 11. The highest BCUT2D eigenvalue weighted by Gasteiger charge is 2.18. The summed E-state index contributed by atoms with van der Waals surface area (Å²) < 4.78 is 11.0. The van der Waals surface area contributed by atoms with Crippen LogP contribution < -0.4 is 53.8 Å². The van der Waals surface area contributed by atoms with Gasteiger partial charge in [-0.1, -0.05) is 36.8 Å². The van der Waals surface area contributed by atoms with Gasteiger partial charge in [-0.25, -0.2) is 4.79 Å². The third-order valence-electron chi connectivity index (χ3n) is 8.28. The molecule has 0 spiro atoms. The summed E-state index contributed by atoms with van der Waals surface area (Å²) in [7, 11) is 0. The van der Waals surface area contributed by atoms with Gasteiger partial charge in [0.2, 0.25) is 17.7 Å². The van der Waals surface area contributed by atoms with E-state index in [1.165, 1.54) is 18.2 Å². The first kappa shape index (κ1) is 47.9. The molecule has 1 unspecified atom stereocenters. The summed E-state index contributed by atoms with van der Waals surface area (Å²) in [5.41, 5.74) is 18.2. The fraction of sp³-hybridized carbons (Fsp3) is 0.550. The zero-order valence-electron chi connectivity index (χ0n) is 33.6. The van der Waals surface area contributed by atoms with Crippen molar-refractivity contribution in [2.24, 2.45) is 17.2 Å². The molecule has 57 heavy (non-hydrogen) atoms. The second-order valence-corrected chi connectivity index (χ2v) is 14.4. The number of alkyl carbamates (subject to hydrolysis) is 1. The summed E-state index contributed by atoms with van der Waals surface area (Å²) in [4.78, 5) is 75.2. The Morgan fingerprint density at radius 3 is 1.74 bits per heavy atom. The maximum Gasteiger partial charge on any atom is 0.407 e. The minimum Gasteiger partial charge on any atom is -0.492 e. The van der Waals surface area contributed by atoms with Gasteiger partial charge in [0.25, 0.3) is 11.8 Å². The molecule has 0 fully saturated rings. The number of benzene rings is 2. The Morgan fingerprint density at radius 1 is 0.649 bits per heavy atom. The molecule has 0 radical (unpaired) electrons. The van der Waals surface area contributed by atoms with E-state index in [1.807, 2.05) is 30.3 Å². The van der Waals surface area contributed by atoms with Crippen LogP contribution >= 0.6 is 0 Å². The van der Waals surface area contributed by atoms with Gasteiger partial charge < -0.3 is 58.6 Å². The minimum absolute atomic E-state index is 0.0762. The number of rotatable bonds is 26. The molecule has 2 aromatic carbocycles. The van der Waals surface area contributed by atoms with Crippen LogP contribution in [0.2, 0.25) is 0 Å². The van der Waals surface area contributed by atoms with Crippen LogP contribution in [-0.4, -0.2) is 106 Å². The third-order valence-corrected chi connectivity index (χ3v) is 8.28. The first-order valence-electron chi connectivity index (χ1n) is 19.6. The second-order valence-electron chi connectivity index (χ2n) is 14.4. The van der Waals surface area contributed by atoms with Gasteiger partial charge in [-0.3, -0.25) is 24.0 Å². The Bertz CT molecular complexity index is 1570. The summed E-state index contributed by atoms with van der Waals surface area (Å²) in [6.07, 6.45) is 4.04. The lowest BCUT2D eigenvalue weighted by Crippen LogP contribution is -2.43. The molecule has 17 heteroatoms. The summed E-state index contributed by atoms with van der Waals surface area (Å²) in [5, 5.41) is 16.3. The Morgan fingerprint density at radius 2 is 1.19 bits per heavy atom. The van der Waals surface area contributed by atoms with Crippen molar-refractivity contribution in [3.63, 3.8) is 0 Å². The molecule has 2 rings (SSSR count). The molecule has 17 nitrogen and oxygen atoms in total. The zero-order chi connectivity index (χ0) is 42.1. The maximum absolute atomic E-state index is 13.2. The van der Waals surface area contributed by atoms with Gasteiger partial charge in [0, 0.05) is 50.3 Å². The SMILES string of the molecule is CC(C)(C)OC(=O)NCCCCC(N)C(=O)NCCNC(=O)c1cc(OCCNC(=O)CCc2ccccc2)cc(C(=O)NCCNC(=O)[C@@H](N)CCCCN)c1. The topological polar surface area (TPSA) is 271 Å². The average Bonchev–Trinajstić information content (AvgIpc) is 3.18. The monoisotopic (exact) mass is 797 g/mol. The fourth-order valence-corrected chi connectivity index (χ4v) is 5.25. The van der Waals surface area contributed by atoms with E-state index in [0.29, 0.717) is 51.6 Å². The number of hydrogen-bond donors (Lipinski definition) is 9. The van der Waals surface area contributed by atoms with Crippen molar-refractivity contribution in [1.29, 1.82) is 0 Å². The van der Waals surface area contributed by atoms with Gasteiger partial charge in [-0.05, 0) is 89.6 Å². The van der Waals surface area contributed by atoms with Gasteiger partial charge in [0.1, 0.15) is 18.0 Å². The Hall–Kier alpha value is -5.26. The lowest BCUT2D eigenvalue weighted by Gasteiger charge is -2.19. The number of unbranched alkanes of at least 4 members (excludes halogenated alkanes) is 2. The molecule has 0 aromatic heterocycles. The molecular formula is C40H63N9O8. The average molecular weight is 798 g/mol. The van der Waals surface area contributed by atoms with Crippen molar-refractivity contribution >= 4 is 35.6 Å². The standard InChI is InChI=1S/C40H63N9O8/c1-40(2,3)57-39(55)49-18-10-8-14-33(43)38(54)48-22-20-46-36(52)30-25-29(35(51)45-19-21-47-37(53)32(42)13-7-9-17-41)26-31(27-30)56-24-23-44-34(50)16-15-28-11-5-4-6-12-28/h4-6,11-12,25-27,32-33H,7-10,13-24,41-43H2,1-3H3,(H,44,50)(H,45,51)(H,46,52)(H,47,53)(H,48,54)(H,49,55)/t32-,33?/m0/s1. The largest absolute Gasteiger partial charge is 0.492 e. The van der Waals surface area contributed by atoms with Gasteiger partial charge in [-0.15, -0.1) is 0 Å². The lowest BCUT2D eigenvalue weighted by atomic mass is 10.1. The third kappa shape index (κ3) is 21.6. The summed E-state index contributed by atoms with van der Waals surface area (Å²) in [5.74, 6) is -1.65. The normalized spacial score (nSPS) is 12.0. The smallest absolute Gasteiger partial charge is 0.407 e. The van der Waals surface area contributed by atoms with Gasteiger partial charge in [-0.2, -0.15) is 0 Å². The van der Waals surface area contributed by atoms with E-state index in [1.54, 1.807) is 20.8 Å². The molecule has 2 aromatic rings. The Labute approximate surface area is 335 Å². The molecule has 12 N–H and O–H groups in total. The van der Waals surface area contributed by atoms with Crippen molar-refractivity contribution in [2.75, 3.05) is 52.4 Å². The number of amides is 6. The van der Waals surface area contributed by atoms with Crippen LogP contribution in [0.3, 0.4) is 0 Å². The van der Waals surface area contributed by atoms with E-state index in [9.17, 15) is 28.8 Å². The molecule has 0 aliphatic rings. The molecule has 0 bridgehead atoms. The highest BCUT2D eigenvalue weighted by Crippen LogP contribution is 2.18. The molecule has 2 atom stereocenters. The van der Waals surface area contributed by atoms with Crippen LogP contribution in [0.25, 0.3) is 0 Å². The predicted octanol–water partition coefficient (Wildman–Crippen LogP) is 0.985. The zero-order valence-corrected chi connectivity index (χ0v) is 33.6. The van der Waals surface area contributed by atoms with Crippen LogP contribution in [0.5, 0.6) is 5.75 Å². The van der Waals surface area contributed by atoms with E-state index in [-0.39, 0.29) is 73.9 Å². The van der Waals surface area contributed by atoms with Crippen molar-refractivity contribution in [3.8, 4) is 5.75 Å². The first-order chi connectivity index (χ1) is 27.2. The van der Waals surface area contributed by atoms with Gasteiger partial charge in [0.15, 0.2) is 0 Å². The van der Waals surface area contributed by atoms with Crippen LogP contribution in [0.15, 0.2) is 48.5 Å². The molecule has 6 amide bonds. The highest BCUT2D eigenvalue weighted by atomic mass is 16.6. The summed E-state index contributed by atoms with van der Waals surface area (Å²) in [6.45, 7) is 6.95. The van der Waals surface area contributed by atoms with E-state index in [2.05, 4.69) is 31.9 Å². The number of nitrogens with two attached hydrogens (primary N) is 3. The molecule has 0 aliphatic carbocycles. The number of nitrogens with one attached hydrogen (secondary N) is 6. The lowest BCUT2D eigenvalue weighted by molar-refractivity contribution is -0.123. The molecule has 0 saturated heterocycles. The maximum atomic E-state index is 13.2. The van der Waals surface area contributed by atoms with Crippen LogP contribution in [0.1, 0.15) is 92.0 Å². The Balaban J connectivity index is 1.89. The number of ether oxygens (including phenoxy) is 2. The quantitative estimate of drug-likeness (QED) is 0.0606. The molecule has 316 valence electrons. The second kappa shape index (κ2) is 26.6. The van der Waals surface area contributed by atoms with Crippen LogP contribution in [0.4, 0.5) is 4.79 Å². The van der Waals surface area contributed by atoms with Crippen molar-refractivity contribution in [2.45, 2.75) is 89.8 Å². The van der Waals surface area contributed by atoms with Crippen molar-refractivity contribution in [1.82, 2.24) is 31.9 Å². The number of carbonyl (C=O) groups excluding carboxylic acids is 6. The van der Waals surface area contributed by atoms with Crippen molar-refractivity contribution in [3.05, 3.63) is 65.2 Å². The fourth-order valence-electron chi connectivity index (χ4n) is 5.25. The van der Waals surface area contributed by atoms with Crippen LogP contribution in [0, 0.1) is 0 Å². The van der Waals surface area contributed by atoms with Gasteiger partial charge in [0.05, 0.1) is 18.6 Å². The Kier molecular flexibility index (Phi) is 22.3. The summed E-state index contributed by atoms with van der Waals surface area (Å²) in [6, 6.07) is 12.6. The van der Waals surface area contributed by atoms with E-state index in [0.717, 1.165) is 18.4 Å². The highest BCUT2D eigenvalue weighted by molar-refractivity contribution is 6.00. The van der Waals surface area contributed by atoms with E-state index >= 15 is 0 Å². The van der Waals surface area contributed by atoms with Crippen LogP contribution in [-0.2, 0) is 25.5 Å². The molecular weight excluding hydrogens is 734 g/mol. The number of carbonyl (C=O) groups is 6. The molecule has 0 aliphatic heterocycles. The summed E-state index contributed by atoms with van der Waals surface area (Å²) >= 11 is 0. The minimum atomic E-state index is -0.767. The van der Waals surface area contributed by atoms with E-state index in [4.69, 9.17) is 26.7 Å². The van der Waals surface area contributed by atoms with Crippen molar-refractivity contribution < 1.29 is 38.2 Å². The predicted molar refractivity (Wildman–Crippen MR) is 217 cm³/mol. The van der Waals surface area contributed by atoms with E-state index < -0.39 is 35.6 Å². The molecule has 0 heterocycles. The number of aryl methyl sites for hydroxylation is 1. The first-order valence-corrected chi connectivity index (χ1v) is 19.6. The van der Waals surface area contributed by atoms with Gasteiger partial charge >= 0.3 is 6.09 Å². The molecule has 0 saturated carbocycles.